The Morgan fingerprint density at radius 2 is 1.71 bits per heavy atom. The Hall–Kier alpha value is -2.70. The van der Waals surface area contributed by atoms with Crippen molar-refractivity contribution in [1.29, 1.82) is 0 Å². The van der Waals surface area contributed by atoms with Gasteiger partial charge < -0.3 is 5.11 Å². The molecule has 0 unspecified atom stereocenters. The van der Waals surface area contributed by atoms with Gasteiger partial charge in [0.2, 0.25) is 0 Å². The molecule has 1 aromatic heterocycles. The molecule has 0 radical (unpaired) electrons. The Bertz CT molecular complexity index is 626. The normalized spacial score (nSPS) is 10.8. The van der Waals surface area contributed by atoms with Crippen molar-refractivity contribution in [3.05, 3.63) is 51.2 Å². The van der Waals surface area contributed by atoms with Crippen LogP contribution in [0.2, 0.25) is 0 Å². The van der Waals surface area contributed by atoms with E-state index in [2.05, 4.69) is 15.2 Å². The number of hydrogen-bond donors (Lipinski definition) is 3. The minimum Gasteiger partial charge on any atom is -0.508 e. The molecule has 1 heterocycles. The first-order valence-corrected chi connectivity index (χ1v) is 4.68. The molecule has 17 heavy (non-hydrogen) atoms. The summed E-state index contributed by atoms with van der Waals surface area (Å²) in [5, 5.41) is 16.5. The van der Waals surface area contributed by atoms with Crippen molar-refractivity contribution < 1.29 is 5.11 Å². The number of azo groups is 1. The van der Waals surface area contributed by atoms with E-state index in [4.69, 9.17) is 5.11 Å². The average molecular weight is 232 g/mol. The second-order valence-corrected chi connectivity index (χ2v) is 3.19. The molecule has 0 aliphatic rings. The van der Waals surface area contributed by atoms with Gasteiger partial charge in [0.25, 0.3) is 5.56 Å². The van der Waals surface area contributed by atoms with Gasteiger partial charge in [0.05, 0.1) is 5.69 Å². The molecule has 0 bridgehead atoms. The van der Waals surface area contributed by atoms with E-state index in [0.717, 1.165) is 6.07 Å². The summed E-state index contributed by atoms with van der Waals surface area (Å²) in [7, 11) is 0. The lowest BCUT2D eigenvalue weighted by Gasteiger charge is -1.93. The van der Waals surface area contributed by atoms with Gasteiger partial charge in [0.15, 0.2) is 5.82 Å². The molecule has 0 aliphatic heterocycles. The highest BCUT2D eigenvalue weighted by atomic mass is 16.3. The number of aromatic hydroxyl groups is 1. The number of rotatable bonds is 2. The predicted octanol–water partition coefficient (Wildman–Crippen LogP) is 1.18. The molecule has 0 fully saturated rings. The number of phenolic OH excluding ortho intramolecular Hbond substituents is 1. The Kier molecular flexibility index (Phi) is 2.82. The predicted molar refractivity (Wildman–Crippen MR) is 60.0 cm³/mol. The summed E-state index contributed by atoms with van der Waals surface area (Å²) in [5.74, 6) is 0.181. The second kappa shape index (κ2) is 4.44. The van der Waals surface area contributed by atoms with E-state index in [9.17, 15) is 9.59 Å². The van der Waals surface area contributed by atoms with E-state index in [1.54, 1.807) is 12.1 Å². The summed E-state index contributed by atoms with van der Waals surface area (Å²) in [6.07, 6.45) is 0. The molecule has 7 heteroatoms. The molecule has 0 saturated heterocycles. The maximum Gasteiger partial charge on any atom is 0.327 e. The molecule has 0 amide bonds. The van der Waals surface area contributed by atoms with Gasteiger partial charge in [0.1, 0.15) is 5.75 Å². The van der Waals surface area contributed by atoms with Crippen molar-refractivity contribution in [2.24, 2.45) is 10.2 Å². The molecule has 7 nitrogen and oxygen atoms in total. The van der Waals surface area contributed by atoms with E-state index >= 15 is 0 Å². The molecule has 0 atom stereocenters. The highest BCUT2D eigenvalue weighted by Crippen LogP contribution is 2.18. The van der Waals surface area contributed by atoms with Crippen molar-refractivity contribution in [2.45, 2.75) is 0 Å². The summed E-state index contributed by atoms with van der Waals surface area (Å²) >= 11 is 0. The standard InChI is InChI=1S/C10H8N4O3/c15-7-3-1-6(2-4-7)13-14-8-5-9(16)12-10(17)11-8/h1-5,15H,(H2,11,12,16,17)/b14-13+. The number of nitrogens with zero attached hydrogens (tertiary/aromatic N) is 2. The minimum atomic E-state index is -0.642. The van der Waals surface area contributed by atoms with Crippen molar-refractivity contribution in [3.8, 4) is 5.75 Å². The zero-order chi connectivity index (χ0) is 12.3. The molecular formula is C10H8N4O3. The number of phenols is 1. The molecule has 3 N–H and O–H groups in total. The topological polar surface area (TPSA) is 111 Å². The van der Waals surface area contributed by atoms with Crippen LogP contribution in [0.1, 0.15) is 0 Å². The summed E-state index contributed by atoms with van der Waals surface area (Å²) in [6, 6.07) is 7.11. The Labute approximate surface area is 94.5 Å². The van der Waals surface area contributed by atoms with Crippen LogP contribution in [0.5, 0.6) is 5.75 Å². The lowest BCUT2D eigenvalue weighted by molar-refractivity contribution is 0.475. The van der Waals surface area contributed by atoms with Crippen LogP contribution in [-0.4, -0.2) is 15.1 Å². The molecule has 0 saturated carbocycles. The van der Waals surface area contributed by atoms with Gasteiger partial charge in [-0.3, -0.25) is 14.8 Å². The SMILES string of the molecule is O=c1cc(/N=N/c2ccc(O)cc2)[nH]c(=O)[nH]1. The van der Waals surface area contributed by atoms with Gasteiger partial charge in [0, 0.05) is 6.07 Å². The number of nitrogens with one attached hydrogen (secondary N) is 2. The fourth-order valence-electron chi connectivity index (χ4n) is 1.14. The minimum absolute atomic E-state index is 0.0619. The van der Waals surface area contributed by atoms with Crippen LogP contribution >= 0.6 is 0 Å². The van der Waals surface area contributed by atoms with E-state index in [1.807, 2.05) is 4.98 Å². The third kappa shape index (κ3) is 2.88. The first-order chi connectivity index (χ1) is 8.13. The van der Waals surface area contributed by atoms with Crippen molar-refractivity contribution in [3.63, 3.8) is 0 Å². The van der Waals surface area contributed by atoms with Gasteiger partial charge in [-0.25, -0.2) is 4.79 Å². The van der Waals surface area contributed by atoms with Gasteiger partial charge >= 0.3 is 5.69 Å². The third-order valence-electron chi connectivity index (χ3n) is 1.87. The first kappa shape index (κ1) is 10.8. The van der Waals surface area contributed by atoms with Crippen LogP contribution in [0.25, 0.3) is 0 Å². The number of aromatic amines is 2. The molecule has 2 rings (SSSR count). The van der Waals surface area contributed by atoms with E-state index in [-0.39, 0.29) is 11.6 Å². The Morgan fingerprint density at radius 3 is 2.35 bits per heavy atom. The van der Waals surface area contributed by atoms with Crippen LogP contribution < -0.4 is 11.2 Å². The first-order valence-electron chi connectivity index (χ1n) is 4.68. The van der Waals surface area contributed by atoms with Gasteiger partial charge in [-0.2, -0.15) is 0 Å². The van der Waals surface area contributed by atoms with E-state index in [0.29, 0.717) is 5.69 Å². The zero-order valence-corrected chi connectivity index (χ0v) is 8.54. The highest BCUT2D eigenvalue weighted by molar-refractivity contribution is 5.40. The molecule has 2 aromatic rings. The molecule has 0 aliphatic carbocycles. The smallest absolute Gasteiger partial charge is 0.327 e. The quantitative estimate of drug-likeness (QED) is 0.676. The van der Waals surface area contributed by atoms with E-state index in [1.165, 1.54) is 12.1 Å². The van der Waals surface area contributed by atoms with Crippen LogP contribution in [0.3, 0.4) is 0 Å². The van der Waals surface area contributed by atoms with Gasteiger partial charge in [-0.1, -0.05) is 0 Å². The van der Waals surface area contributed by atoms with Crippen LogP contribution in [0.4, 0.5) is 11.5 Å². The lowest BCUT2D eigenvalue weighted by atomic mass is 10.3. The van der Waals surface area contributed by atoms with Crippen molar-refractivity contribution in [2.75, 3.05) is 0 Å². The highest BCUT2D eigenvalue weighted by Gasteiger charge is 1.94. The van der Waals surface area contributed by atoms with Gasteiger partial charge in [-0.05, 0) is 24.3 Å². The Balaban J connectivity index is 2.28. The number of hydrogen-bond acceptors (Lipinski definition) is 5. The summed E-state index contributed by atoms with van der Waals surface area (Å²) in [4.78, 5) is 26.2. The monoisotopic (exact) mass is 232 g/mol. The number of benzene rings is 1. The maximum absolute atomic E-state index is 11.0. The van der Waals surface area contributed by atoms with Crippen molar-refractivity contribution >= 4 is 11.5 Å². The van der Waals surface area contributed by atoms with Crippen LogP contribution in [0.15, 0.2) is 50.1 Å². The molecule has 86 valence electrons. The lowest BCUT2D eigenvalue weighted by Crippen LogP contribution is -2.20. The second-order valence-electron chi connectivity index (χ2n) is 3.19. The average Bonchev–Trinajstić information content (AvgIpc) is 2.27. The number of aromatic nitrogens is 2. The maximum atomic E-state index is 11.0. The third-order valence-corrected chi connectivity index (χ3v) is 1.87. The van der Waals surface area contributed by atoms with Crippen LogP contribution in [0, 0.1) is 0 Å². The fraction of sp³-hybridized carbons (Fsp3) is 0. The van der Waals surface area contributed by atoms with Gasteiger partial charge in [-0.15, -0.1) is 10.2 Å². The molecule has 1 aromatic carbocycles. The zero-order valence-electron chi connectivity index (χ0n) is 8.54. The molecular weight excluding hydrogens is 224 g/mol. The summed E-state index contributed by atoms with van der Waals surface area (Å²) < 4.78 is 0. The largest absolute Gasteiger partial charge is 0.508 e. The van der Waals surface area contributed by atoms with E-state index < -0.39 is 11.2 Å². The molecule has 0 spiro atoms. The summed E-state index contributed by atoms with van der Waals surface area (Å²) in [6.45, 7) is 0. The van der Waals surface area contributed by atoms with Crippen molar-refractivity contribution in [1.82, 2.24) is 9.97 Å². The Morgan fingerprint density at radius 1 is 1.00 bits per heavy atom. The van der Waals surface area contributed by atoms with Crippen LogP contribution in [-0.2, 0) is 0 Å². The number of H-pyrrole nitrogens is 2. The fourth-order valence-corrected chi connectivity index (χ4v) is 1.14. The summed E-state index contributed by atoms with van der Waals surface area (Å²) in [5.41, 5.74) is -0.700.